The number of ketones is 1. The second-order valence-electron chi connectivity index (χ2n) is 3.82. The van der Waals surface area contributed by atoms with Crippen molar-refractivity contribution in [1.29, 1.82) is 0 Å². The maximum Gasteiger partial charge on any atom is 0.271 e. The summed E-state index contributed by atoms with van der Waals surface area (Å²) in [5, 5.41) is 15.6. The van der Waals surface area contributed by atoms with Crippen molar-refractivity contribution >= 4 is 22.4 Å². The van der Waals surface area contributed by atoms with Crippen LogP contribution in [0.1, 0.15) is 13.3 Å². The Morgan fingerprint density at radius 3 is 2.94 bits per heavy atom. The fourth-order valence-electron chi connectivity index (χ4n) is 1.61. The van der Waals surface area contributed by atoms with Gasteiger partial charge >= 0.3 is 0 Å². The summed E-state index contributed by atoms with van der Waals surface area (Å²) < 4.78 is 1.61. The van der Waals surface area contributed by atoms with Gasteiger partial charge in [-0.1, -0.05) is 0 Å². The first-order valence-electron chi connectivity index (χ1n) is 5.17. The summed E-state index contributed by atoms with van der Waals surface area (Å²) in [6.45, 7) is 1.95. The van der Waals surface area contributed by atoms with Crippen LogP contribution in [0.4, 0.5) is 5.69 Å². The van der Waals surface area contributed by atoms with Crippen LogP contribution in [0, 0.1) is 10.1 Å². The van der Waals surface area contributed by atoms with Gasteiger partial charge in [-0.05, 0) is 13.0 Å². The number of non-ortho nitro benzene ring substituents is 1. The zero-order chi connectivity index (χ0) is 12.4. The van der Waals surface area contributed by atoms with Crippen LogP contribution in [0.3, 0.4) is 0 Å². The number of nitro groups is 1. The summed E-state index contributed by atoms with van der Waals surface area (Å²) in [4.78, 5) is 21.1. The molecule has 0 atom stereocenters. The minimum absolute atomic E-state index is 0.0297. The Bertz CT molecular complexity index is 589. The molecule has 2 aromatic rings. The van der Waals surface area contributed by atoms with E-state index in [-0.39, 0.29) is 11.5 Å². The van der Waals surface area contributed by atoms with Crippen molar-refractivity contribution in [3.8, 4) is 0 Å². The first-order valence-corrected chi connectivity index (χ1v) is 5.17. The van der Waals surface area contributed by atoms with Gasteiger partial charge in [0, 0.05) is 30.5 Å². The highest BCUT2D eigenvalue weighted by molar-refractivity contribution is 5.81. The highest BCUT2D eigenvalue weighted by atomic mass is 16.6. The fraction of sp³-hybridized carbons (Fsp3) is 0.273. The molecule has 0 fully saturated rings. The van der Waals surface area contributed by atoms with Gasteiger partial charge in [-0.15, -0.1) is 0 Å². The van der Waals surface area contributed by atoms with Crippen molar-refractivity contribution in [2.75, 3.05) is 0 Å². The summed E-state index contributed by atoms with van der Waals surface area (Å²) in [6, 6.07) is 4.58. The Hall–Kier alpha value is -2.24. The highest BCUT2D eigenvalue weighted by Gasteiger charge is 2.10. The summed E-state index contributed by atoms with van der Waals surface area (Å²) >= 11 is 0. The molecule has 6 nitrogen and oxygen atoms in total. The average molecular weight is 233 g/mol. The first-order chi connectivity index (χ1) is 8.08. The number of aromatic nitrogens is 2. The molecule has 0 amide bonds. The van der Waals surface area contributed by atoms with Gasteiger partial charge in [0.25, 0.3) is 5.69 Å². The number of Topliss-reactive ketones (excluding diaryl/α,β-unsaturated/α-hetero) is 1. The van der Waals surface area contributed by atoms with Crippen LogP contribution < -0.4 is 0 Å². The van der Waals surface area contributed by atoms with E-state index in [1.165, 1.54) is 19.1 Å². The molecule has 2 rings (SSSR count). The number of hydrogen-bond donors (Lipinski definition) is 0. The maximum absolute atomic E-state index is 10.9. The van der Waals surface area contributed by atoms with Gasteiger partial charge in [-0.2, -0.15) is 5.10 Å². The van der Waals surface area contributed by atoms with Crippen molar-refractivity contribution in [3.05, 3.63) is 34.5 Å². The molecule has 0 saturated heterocycles. The molecule has 0 unspecified atom stereocenters. The molecule has 17 heavy (non-hydrogen) atoms. The van der Waals surface area contributed by atoms with Crippen LogP contribution in [0.5, 0.6) is 0 Å². The topological polar surface area (TPSA) is 78.0 Å². The summed E-state index contributed by atoms with van der Waals surface area (Å²) in [5.41, 5.74) is 0.711. The van der Waals surface area contributed by atoms with E-state index in [0.29, 0.717) is 18.5 Å². The van der Waals surface area contributed by atoms with Crippen LogP contribution in [0.15, 0.2) is 24.4 Å². The van der Waals surface area contributed by atoms with Crippen molar-refractivity contribution < 1.29 is 9.72 Å². The molecule has 0 aliphatic rings. The first kappa shape index (κ1) is 11.3. The third kappa shape index (κ3) is 2.30. The van der Waals surface area contributed by atoms with Crippen LogP contribution in [-0.2, 0) is 11.3 Å². The second kappa shape index (κ2) is 4.32. The lowest BCUT2D eigenvalue weighted by Crippen LogP contribution is -2.04. The van der Waals surface area contributed by atoms with Gasteiger partial charge in [0.15, 0.2) is 0 Å². The van der Waals surface area contributed by atoms with Crippen molar-refractivity contribution in [1.82, 2.24) is 9.78 Å². The third-order valence-corrected chi connectivity index (χ3v) is 2.51. The zero-order valence-electron chi connectivity index (χ0n) is 9.29. The Morgan fingerprint density at radius 1 is 1.53 bits per heavy atom. The molecule has 88 valence electrons. The second-order valence-corrected chi connectivity index (χ2v) is 3.82. The molecule has 0 aliphatic heterocycles. The fourth-order valence-corrected chi connectivity index (χ4v) is 1.61. The van der Waals surface area contributed by atoms with Crippen LogP contribution in [0.2, 0.25) is 0 Å². The number of rotatable bonds is 4. The Balaban J connectivity index is 2.39. The Kier molecular flexibility index (Phi) is 2.86. The van der Waals surface area contributed by atoms with Gasteiger partial charge in [0.05, 0.1) is 16.6 Å². The number of aryl methyl sites for hydroxylation is 1. The number of carbonyl (C=O) groups excluding carboxylic acids is 1. The lowest BCUT2D eigenvalue weighted by molar-refractivity contribution is -0.384. The number of hydrogen-bond acceptors (Lipinski definition) is 4. The summed E-state index contributed by atoms with van der Waals surface area (Å²) in [7, 11) is 0. The van der Waals surface area contributed by atoms with E-state index in [0.717, 1.165) is 5.39 Å². The van der Waals surface area contributed by atoms with Crippen LogP contribution in [-0.4, -0.2) is 20.5 Å². The number of fused-ring (bicyclic) bond motifs is 1. The molecule has 0 bridgehead atoms. The molecule has 1 heterocycles. The standard InChI is InChI=1S/C11H11N3O3/c1-8(15)4-5-13-11-6-10(14(16)17)3-2-9(11)7-12-13/h2-3,6-7H,4-5H2,1H3. The van der Waals surface area contributed by atoms with E-state index in [9.17, 15) is 14.9 Å². The number of nitro benzene ring substituents is 1. The van der Waals surface area contributed by atoms with Crippen LogP contribution in [0.25, 0.3) is 10.9 Å². The van der Waals surface area contributed by atoms with Crippen molar-refractivity contribution in [2.45, 2.75) is 19.9 Å². The molecule has 0 N–H and O–H groups in total. The van der Waals surface area contributed by atoms with Gasteiger partial charge < -0.3 is 0 Å². The van der Waals surface area contributed by atoms with E-state index >= 15 is 0 Å². The zero-order valence-corrected chi connectivity index (χ0v) is 9.29. The normalized spacial score (nSPS) is 10.6. The number of nitrogens with zero attached hydrogens (tertiary/aromatic N) is 3. The summed E-state index contributed by atoms with van der Waals surface area (Å²) in [5.74, 6) is 0.0686. The van der Waals surface area contributed by atoms with E-state index in [4.69, 9.17) is 0 Å². The predicted octanol–water partition coefficient (Wildman–Crippen LogP) is 1.92. The van der Waals surface area contributed by atoms with Gasteiger partial charge in [0.2, 0.25) is 0 Å². The Morgan fingerprint density at radius 2 is 2.29 bits per heavy atom. The van der Waals surface area contributed by atoms with E-state index in [1.807, 2.05) is 0 Å². The number of benzene rings is 1. The average Bonchev–Trinajstić information content (AvgIpc) is 2.68. The minimum Gasteiger partial charge on any atom is -0.300 e. The van der Waals surface area contributed by atoms with Crippen molar-refractivity contribution in [2.24, 2.45) is 0 Å². The van der Waals surface area contributed by atoms with E-state index < -0.39 is 4.92 Å². The largest absolute Gasteiger partial charge is 0.300 e. The molecule has 1 aromatic heterocycles. The lowest BCUT2D eigenvalue weighted by atomic mass is 10.2. The molecular weight excluding hydrogens is 222 g/mol. The quantitative estimate of drug-likeness (QED) is 0.597. The Labute approximate surface area is 97.0 Å². The van der Waals surface area contributed by atoms with E-state index in [1.54, 1.807) is 16.9 Å². The number of carbonyl (C=O) groups is 1. The molecule has 1 aromatic carbocycles. The van der Waals surface area contributed by atoms with Crippen molar-refractivity contribution in [3.63, 3.8) is 0 Å². The highest BCUT2D eigenvalue weighted by Crippen LogP contribution is 2.20. The SMILES string of the molecule is CC(=O)CCn1ncc2ccc([N+](=O)[O-])cc21. The van der Waals surface area contributed by atoms with Gasteiger partial charge in [-0.25, -0.2) is 0 Å². The van der Waals surface area contributed by atoms with E-state index in [2.05, 4.69) is 5.10 Å². The molecule has 0 spiro atoms. The van der Waals surface area contributed by atoms with Gasteiger partial charge in [0.1, 0.15) is 5.78 Å². The van der Waals surface area contributed by atoms with Crippen LogP contribution >= 0.6 is 0 Å². The molecule has 0 aliphatic carbocycles. The summed E-state index contributed by atoms with van der Waals surface area (Å²) in [6.07, 6.45) is 2.01. The monoisotopic (exact) mass is 233 g/mol. The minimum atomic E-state index is -0.443. The maximum atomic E-state index is 10.9. The molecule has 0 saturated carbocycles. The molecule has 0 radical (unpaired) electrons. The predicted molar refractivity (Wildman–Crippen MR) is 61.7 cm³/mol. The smallest absolute Gasteiger partial charge is 0.271 e. The molecule has 6 heteroatoms. The molecular formula is C11H11N3O3. The van der Waals surface area contributed by atoms with Gasteiger partial charge in [-0.3, -0.25) is 19.6 Å². The lowest BCUT2D eigenvalue weighted by Gasteiger charge is -2.01. The third-order valence-electron chi connectivity index (χ3n) is 2.51.